The van der Waals surface area contributed by atoms with Gasteiger partial charge in [0.25, 0.3) is 0 Å². The zero-order valence-corrected chi connectivity index (χ0v) is 24.2. The van der Waals surface area contributed by atoms with Crippen molar-refractivity contribution < 1.29 is 23.0 Å². The van der Waals surface area contributed by atoms with Gasteiger partial charge in [0.15, 0.2) is 5.82 Å². The maximum atomic E-state index is 16.8. The van der Waals surface area contributed by atoms with E-state index in [2.05, 4.69) is 20.7 Å². The molecule has 3 aliphatic heterocycles. The summed E-state index contributed by atoms with van der Waals surface area (Å²) in [5.74, 6) is 1.31. The lowest BCUT2D eigenvalue weighted by atomic mass is 9.93. The van der Waals surface area contributed by atoms with E-state index in [0.717, 1.165) is 51.7 Å². The molecule has 1 N–H and O–H groups in total. The molecule has 4 heterocycles. The van der Waals surface area contributed by atoms with Crippen LogP contribution in [0.4, 0.5) is 19.0 Å². The number of benzene rings is 3. The van der Waals surface area contributed by atoms with Crippen LogP contribution in [-0.2, 0) is 0 Å². The molecule has 6 nitrogen and oxygen atoms in total. The zero-order valence-electron chi connectivity index (χ0n) is 23.5. The Morgan fingerprint density at radius 1 is 1.09 bits per heavy atom. The minimum Gasteiger partial charge on any atom is -0.508 e. The molecule has 222 valence electrons. The van der Waals surface area contributed by atoms with Crippen molar-refractivity contribution in [3.05, 3.63) is 52.6 Å². The van der Waals surface area contributed by atoms with Gasteiger partial charge in [0.05, 0.1) is 16.1 Å². The number of fused-ring (bicyclic) bond motifs is 3. The SMILES string of the molecule is C#Cc1c(F)ccc2cc(O)cc(-c3c(Cl)cc4c(N5CCCCC5)nc(OC[C@@]56CCCN5C[C@H](F)C6)nc4c3F)c12. The number of aromatic nitrogens is 2. The van der Waals surface area contributed by atoms with Gasteiger partial charge >= 0.3 is 6.01 Å². The van der Waals surface area contributed by atoms with E-state index in [0.29, 0.717) is 29.6 Å². The second-order valence-corrected chi connectivity index (χ2v) is 12.3. The van der Waals surface area contributed by atoms with Crippen molar-refractivity contribution in [2.45, 2.75) is 50.2 Å². The summed E-state index contributed by atoms with van der Waals surface area (Å²) in [4.78, 5) is 13.5. The first-order valence-corrected chi connectivity index (χ1v) is 15.0. The highest BCUT2D eigenvalue weighted by Crippen LogP contribution is 2.44. The Balaban J connectivity index is 1.41. The Hall–Kier alpha value is -3.74. The first-order chi connectivity index (χ1) is 20.8. The number of hydrogen-bond acceptors (Lipinski definition) is 6. The number of piperidine rings is 1. The molecule has 0 amide bonds. The van der Waals surface area contributed by atoms with Crippen LogP contribution in [0.25, 0.3) is 32.8 Å². The number of terminal acetylenes is 1. The largest absolute Gasteiger partial charge is 0.508 e. The van der Waals surface area contributed by atoms with E-state index in [-0.39, 0.29) is 51.0 Å². The molecule has 3 saturated heterocycles. The molecule has 43 heavy (non-hydrogen) atoms. The van der Waals surface area contributed by atoms with E-state index in [1.54, 1.807) is 6.07 Å². The van der Waals surface area contributed by atoms with Crippen molar-refractivity contribution in [2.24, 2.45) is 0 Å². The first-order valence-electron chi connectivity index (χ1n) is 14.7. The zero-order chi connectivity index (χ0) is 29.9. The van der Waals surface area contributed by atoms with Crippen molar-refractivity contribution in [3.63, 3.8) is 0 Å². The molecule has 0 bridgehead atoms. The number of hydrogen-bond donors (Lipinski definition) is 1. The van der Waals surface area contributed by atoms with Crippen LogP contribution >= 0.6 is 11.6 Å². The molecule has 0 spiro atoms. The fraction of sp³-hybridized carbons (Fsp3) is 0.394. The van der Waals surface area contributed by atoms with Crippen LogP contribution in [0.1, 0.15) is 44.1 Å². The van der Waals surface area contributed by atoms with Gasteiger partial charge in [-0.2, -0.15) is 9.97 Å². The van der Waals surface area contributed by atoms with Gasteiger partial charge in [0.1, 0.15) is 35.7 Å². The molecule has 0 unspecified atom stereocenters. The summed E-state index contributed by atoms with van der Waals surface area (Å²) < 4.78 is 52.2. The third-order valence-corrected chi connectivity index (χ3v) is 9.49. The summed E-state index contributed by atoms with van der Waals surface area (Å²) in [7, 11) is 0. The molecule has 0 radical (unpaired) electrons. The van der Waals surface area contributed by atoms with Crippen molar-refractivity contribution in [1.82, 2.24) is 14.9 Å². The lowest BCUT2D eigenvalue weighted by Crippen LogP contribution is -2.43. The summed E-state index contributed by atoms with van der Waals surface area (Å²) in [6, 6.07) is 7.05. The fourth-order valence-corrected chi connectivity index (χ4v) is 7.52. The summed E-state index contributed by atoms with van der Waals surface area (Å²) in [5.41, 5.74) is -0.429. The van der Waals surface area contributed by atoms with Crippen LogP contribution in [0.5, 0.6) is 11.8 Å². The second-order valence-electron chi connectivity index (χ2n) is 11.8. The van der Waals surface area contributed by atoms with Gasteiger partial charge in [0, 0.05) is 42.4 Å². The normalized spacial score (nSPS) is 22.3. The van der Waals surface area contributed by atoms with Crippen molar-refractivity contribution in [2.75, 3.05) is 37.7 Å². The lowest BCUT2D eigenvalue weighted by molar-refractivity contribution is 0.107. The van der Waals surface area contributed by atoms with Crippen LogP contribution in [0.3, 0.4) is 0 Å². The van der Waals surface area contributed by atoms with E-state index >= 15 is 4.39 Å². The molecular weight excluding hydrogens is 577 g/mol. The number of nitrogens with zero attached hydrogens (tertiary/aromatic N) is 4. The lowest BCUT2D eigenvalue weighted by Gasteiger charge is -2.31. The maximum absolute atomic E-state index is 16.8. The van der Waals surface area contributed by atoms with Gasteiger partial charge in [-0.15, -0.1) is 6.42 Å². The number of phenolic OH excluding ortho intramolecular Hbond substituents is 1. The number of anilines is 1. The highest BCUT2D eigenvalue weighted by atomic mass is 35.5. The summed E-state index contributed by atoms with van der Waals surface area (Å²) in [5, 5.41) is 11.7. The van der Waals surface area contributed by atoms with Crippen LogP contribution < -0.4 is 9.64 Å². The third kappa shape index (κ3) is 4.72. The monoisotopic (exact) mass is 606 g/mol. The molecule has 0 saturated carbocycles. The molecular formula is C33H30ClF3N4O2. The average Bonchev–Trinajstić information content (AvgIpc) is 3.52. The Kier molecular flexibility index (Phi) is 7.02. The molecule has 7 rings (SSSR count). The van der Waals surface area contributed by atoms with Gasteiger partial charge in [-0.3, -0.25) is 4.90 Å². The highest BCUT2D eigenvalue weighted by Gasteiger charge is 2.49. The van der Waals surface area contributed by atoms with Gasteiger partial charge < -0.3 is 14.7 Å². The number of aromatic hydroxyl groups is 1. The molecule has 4 aromatic rings. The molecule has 3 fully saturated rings. The quantitative estimate of drug-likeness (QED) is 0.247. The number of phenols is 1. The fourth-order valence-electron chi connectivity index (χ4n) is 7.23. The molecule has 1 aromatic heterocycles. The second kappa shape index (κ2) is 10.8. The third-order valence-electron chi connectivity index (χ3n) is 9.19. The van der Waals surface area contributed by atoms with Gasteiger partial charge in [-0.05, 0) is 73.9 Å². The van der Waals surface area contributed by atoms with Crippen LogP contribution in [0.15, 0.2) is 30.3 Å². The van der Waals surface area contributed by atoms with E-state index < -0.39 is 23.3 Å². The minimum absolute atomic E-state index is 0.0000886. The number of ether oxygens (including phenoxy) is 1. The Morgan fingerprint density at radius 2 is 1.91 bits per heavy atom. The molecule has 3 aliphatic rings. The molecule has 2 atom stereocenters. The summed E-state index contributed by atoms with van der Waals surface area (Å²) in [6.45, 7) is 2.86. The maximum Gasteiger partial charge on any atom is 0.319 e. The van der Waals surface area contributed by atoms with E-state index in [4.69, 9.17) is 27.7 Å². The predicted octanol–water partition coefficient (Wildman–Crippen LogP) is 7.01. The number of alkyl halides is 1. The van der Waals surface area contributed by atoms with E-state index in [1.807, 2.05) is 0 Å². The Bertz CT molecular complexity index is 1810. The van der Waals surface area contributed by atoms with Crippen molar-refractivity contribution in [1.29, 1.82) is 0 Å². The first kappa shape index (κ1) is 28.1. The topological polar surface area (TPSA) is 61.7 Å². The standard InChI is InChI=1S/C33H30ClF3N4O2/c1-2-22-26(36)8-7-19-13-21(42)14-23(27(19)22)28-25(34)15-24-30(29(28)37)38-32(39-31(24)40-10-4-3-5-11-40)43-18-33-9-6-12-41(33)17-20(35)16-33/h1,7-8,13-15,20,42H,3-6,9-12,16-18H2/t20-,33+/m1/s1. The summed E-state index contributed by atoms with van der Waals surface area (Å²) >= 11 is 6.79. The van der Waals surface area contributed by atoms with Crippen LogP contribution in [0, 0.1) is 24.0 Å². The Labute approximate surface area is 252 Å². The molecule has 0 aliphatic carbocycles. The minimum atomic E-state index is -0.915. The predicted molar refractivity (Wildman–Crippen MR) is 162 cm³/mol. The van der Waals surface area contributed by atoms with Crippen LogP contribution in [-0.4, -0.2) is 64.5 Å². The van der Waals surface area contributed by atoms with E-state index in [9.17, 15) is 13.9 Å². The van der Waals surface area contributed by atoms with Gasteiger partial charge in [0.2, 0.25) is 0 Å². The molecule has 10 heteroatoms. The van der Waals surface area contributed by atoms with Gasteiger partial charge in [-0.1, -0.05) is 23.6 Å². The highest BCUT2D eigenvalue weighted by molar-refractivity contribution is 6.35. The van der Waals surface area contributed by atoms with Crippen LogP contribution in [0.2, 0.25) is 5.02 Å². The number of halogens is 4. The smallest absolute Gasteiger partial charge is 0.319 e. The Morgan fingerprint density at radius 3 is 2.70 bits per heavy atom. The van der Waals surface area contributed by atoms with Gasteiger partial charge in [-0.25, -0.2) is 13.2 Å². The number of rotatable bonds is 5. The van der Waals surface area contributed by atoms with Crippen molar-refractivity contribution in [3.8, 4) is 35.2 Å². The van der Waals surface area contributed by atoms with Crippen molar-refractivity contribution >= 4 is 39.1 Å². The average molecular weight is 607 g/mol. The van der Waals surface area contributed by atoms with E-state index in [1.165, 1.54) is 24.3 Å². The molecule has 3 aromatic carbocycles. The summed E-state index contributed by atoms with van der Waals surface area (Å²) in [6.07, 6.45) is 9.92.